The van der Waals surface area contributed by atoms with Gasteiger partial charge in [-0.2, -0.15) is 0 Å². The van der Waals surface area contributed by atoms with Gasteiger partial charge < -0.3 is 4.74 Å². The van der Waals surface area contributed by atoms with E-state index in [0.717, 1.165) is 8.84 Å². The zero-order valence-corrected chi connectivity index (χ0v) is 9.48. The fraction of sp³-hybridized carbons (Fsp3) is 0.857. The van der Waals surface area contributed by atoms with Crippen LogP contribution in [0.25, 0.3) is 0 Å². The van der Waals surface area contributed by atoms with E-state index < -0.39 is 17.3 Å². The van der Waals surface area contributed by atoms with Crippen molar-refractivity contribution in [2.24, 2.45) is 0 Å². The topological polar surface area (TPSA) is 32.8 Å². The van der Waals surface area contributed by atoms with Crippen molar-refractivity contribution in [3.05, 3.63) is 0 Å². The van der Waals surface area contributed by atoms with Gasteiger partial charge in [-0.3, -0.25) is 0 Å². The number of methoxy groups -OCH3 is 1. The maximum atomic E-state index is 11.4. The summed E-state index contributed by atoms with van der Waals surface area (Å²) in [5, 5.41) is 0. The van der Waals surface area contributed by atoms with Gasteiger partial charge in [-0.1, -0.05) is 0 Å². The smallest absolute Gasteiger partial charge is 0.352 e. The van der Waals surface area contributed by atoms with Crippen LogP contribution in [0.3, 0.4) is 0 Å². The van der Waals surface area contributed by atoms with Gasteiger partial charge in [0.05, 0.1) is 0 Å². The van der Waals surface area contributed by atoms with Crippen molar-refractivity contribution >= 4 is 29.6 Å². The zero-order chi connectivity index (χ0) is 10.4. The number of carbonyl (C=O) groups excluding carboxylic acids is 1. The van der Waals surface area contributed by atoms with E-state index in [1.54, 1.807) is 20.8 Å². The lowest BCUT2D eigenvalue weighted by molar-refractivity contribution is -0.0979. The van der Waals surface area contributed by atoms with Crippen molar-refractivity contribution in [2.75, 3.05) is 7.11 Å². The van der Waals surface area contributed by atoms with Crippen LogP contribution in [0.4, 0.5) is 4.79 Å². The monoisotopic (exact) mass is 226 g/mol. The molecule has 4 nitrogen and oxygen atoms in total. The molecule has 0 aliphatic carbocycles. The third-order valence-electron chi connectivity index (χ3n) is 2.73. The number of rotatable bonds is 1. The Balaban J connectivity index is 3.17. The number of urea groups is 1. The van der Waals surface area contributed by atoms with Gasteiger partial charge in [-0.15, -0.1) is 0 Å². The van der Waals surface area contributed by atoms with Crippen molar-refractivity contribution in [1.29, 1.82) is 0 Å². The summed E-state index contributed by atoms with van der Waals surface area (Å²) in [5.41, 5.74) is -1.60. The van der Waals surface area contributed by atoms with Crippen LogP contribution >= 0.6 is 23.6 Å². The molecule has 0 aromatic carbocycles. The van der Waals surface area contributed by atoms with Crippen LogP contribution in [0.1, 0.15) is 20.8 Å². The van der Waals surface area contributed by atoms with Crippen LogP contribution in [0.2, 0.25) is 0 Å². The Bertz CT molecular complexity index is 247. The molecule has 1 fully saturated rings. The predicted octanol–water partition coefficient (Wildman–Crippen LogP) is 2.17. The summed E-state index contributed by atoms with van der Waals surface area (Å²) in [6.07, 6.45) is 0. The first-order valence-corrected chi connectivity index (χ1v) is 4.48. The molecule has 1 rings (SSSR count). The minimum atomic E-state index is -0.923. The first kappa shape index (κ1) is 10.9. The Kier molecular flexibility index (Phi) is 2.43. The molecule has 2 amide bonds. The standard InChI is InChI=1S/C7H12Cl2N2O2/c1-6(2)7(3,13-4)11(9)5(12)10(6)8/h1-4H3. The molecule has 13 heavy (non-hydrogen) atoms. The molecule has 0 saturated carbocycles. The van der Waals surface area contributed by atoms with E-state index in [9.17, 15) is 4.79 Å². The van der Waals surface area contributed by atoms with Crippen LogP contribution in [0.15, 0.2) is 0 Å². The lowest BCUT2D eigenvalue weighted by Gasteiger charge is -2.38. The molecule has 6 heteroatoms. The highest BCUT2D eigenvalue weighted by Gasteiger charge is 2.60. The average Bonchev–Trinajstić information content (AvgIpc) is 2.20. The number of carbonyl (C=O) groups is 1. The fourth-order valence-corrected chi connectivity index (χ4v) is 1.87. The largest absolute Gasteiger partial charge is 0.355 e. The number of halogens is 2. The van der Waals surface area contributed by atoms with E-state index in [1.807, 2.05) is 0 Å². The van der Waals surface area contributed by atoms with E-state index >= 15 is 0 Å². The van der Waals surface area contributed by atoms with Crippen molar-refractivity contribution in [3.8, 4) is 0 Å². The van der Waals surface area contributed by atoms with E-state index in [1.165, 1.54) is 7.11 Å². The molecule has 1 aliphatic rings. The quantitative estimate of drug-likeness (QED) is 0.643. The van der Waals surface area contributed by atoms with E-state index in [0.29, 0.717) is 0 Å². The van der Waals surface area contributed by atoms with E-state index in [2.05, 4.69) is 0 Å². The van der Waals surface area contributed by atoms with Crippen molar-refractivity contribution in [3.63, 3.8) is 0 Å². The van der Waals surface area contributed by atoms with Crippen molar-refractivity contribution in [1.82, 2.24) is 8.84 Å². The third-order valence-corrected chi connectivity index (χ3v) is 3.77. The van der Waals surface area contributed by atoms with Crippen molar-refractivity contribution < 1.29 is 9.53 Å². The van der Waals surface area contributed by atoms with Crippen LogP contribution < -0.4 is 0 Å². The van der Waals surface area contributed by atoms with Crippen LogP contribution in [-0.4, -0.2) is 33.2 Å². The number of nitrogens with zero attached hydrogens (tertiary/aromatic N) is 2. The lowest BCUT2D eigenvalue weighted by Crippen LogP contribution is -2.54. The Labute approximate surface area is 87.5 Å². The SMILES string of the molecule is COC1(C)N(Cl)C(=O)N(Cl)C1(C)C. The second-order valence-electron chi connectivity index (χ2n) is 3.59. The van der Waals surface area contributed by atoms with Gasteiger partial charge in [0.25, 0.3) is 0 Å². The molecule has 1 aliphatic heterocycles. The normalized spacial score (nSPS) is 32.9. The summed E-state index contributed by atoms with van der Waals surface area (Å²) in [5.74, 6) is 0. The molecule has 1 heterocycles. The zero-order valence-electron chi connectivity index (χ0n) is 7.97. The molecule has 0 spiro atoms. The molecule has 1 atom stereocenters. The lowest BCUT2D eigenvalue weighted by atomic mass is 9.94. The molecule has 76 valence electrons. The molecule has 1 unspecified atom stereocenters. The summed E-state index contributed by atoms with van der Waals surface area (Å²) in [7, 11) is 1.49. The second kappa shape index (κ2) is 2.90. The highest BCUT2D eigenvalue weighted by molar-refractivity contribution is 6.29. The molecule has 0 N–H and O–H groups in total. The van der Waals surface area contributed by atoms with Gasteiger partial charge in [-0.05, 0) is 20.8 Å². The van der Waals surface area contributed by atoms with Crippen LogP contribution in [0, 0.1) is 0 Å². The maximum Gasteiger partial charge on any atom is 0.352 e. The highest BCUT2D eigenvalue weighted by atomic mass is 35.5. The third kappa shape index (κ3) is 1.12. The minimum Gasteiger partial charge on any atom is -0.355 e. The second-order valence-corrected chi connectivity index (χ2v) is 4.27. The van der Waals surface area contributed by atoms with Gasteiger partial charge >= 0.3 is 6.03 Å². The van der Waals surface area contributed by atoms with Crippen LogP contribution in [0.5, 0.6) is 0 Å². The van der Waals surface area contributed by atoms with Crippen LogP contribution in [-0.2, 0) is 4.74 Å². The van der Waals surface area contributed by atoms with Gasteiger partial charge in [0.15, 0.2) is 5.72 Å². The number of ether oxygens (including phenoxy) is 1. The Morgan fingerprint density at radius 3 is 1.85 bits per heavy atom. The van der Waals surface area contributed by atoms with Gasteiger partial charge in [-0.25, -0.2) is 13.6 Å². The molecule has 0 aromatic rings. The fourth-order valence-electron chi connectivity index (χ4n) is 1.25. The minimum absolute atomic E-state index is 0.474. The Morgan fingerprint density at radius 2 is 1.69 bits per heavy atom. The average molecular weight is 227 g/mol. The summed E-state index contributed by atoms with van der Waals surface area (Å²) in [6.45, 7) is 5.27. The van der Waals surface area contributed by atoms with E-state index in [4.69, 9.17) is 28.3 Å². The Morgan fingerprint density at radius 1 is 1.23 bits per heavy atom. The molecule has 0 aromatic heterocycles. The summed E-state index contributed by atoms with van der Waals surface area (Å²) < 4.78 is 7.23. The number of amides is 2. The van der Waals surface area contributed by atoms with Gasteiger partial charge in [0, 0.05) is 30.7 Å². The summed E-state index contributed by atoms with van der Waals surface area (Å²) in [4.78, 5) is 11.4. The first-order valence-electron chi connectivity index (χ1n) is 3.80. The number of hydrogen-bond donors (Lipinski definition) is 0. The van der Waals surface area contributed by atoms with Crippen molar-refractivity contribution in [2.45, 2.75) is 32.0 Å². The molecular formula is C7H12Cl2N2O2. The maximum absolute atomic E-state index is 11.4. The molecular weight excluding hydrogens is 215 g/mol. The summed E-state index contributed by atoms with van der Waals surface area (Å²) >= 11 is 11.6. The first-order chi connectivity index (χ1) is 5.79. The van der Waals surface area contributed by atoms with E-state index in [-0.39, 0.29) is 0 Å². The summed E-state index contributed by atoms with van der Waals surface area (Å²) in [6, 6.07) is -0.474. The highest BCUT2D eigenvalue weighted by Crippen LogP contribution is 2.43. The predicted molar refractivity (Wildman–Crippen MR) is 50.3 cm³/mol. The molecule has 1 saturated heterocycles. The molecule has 0 radical (unpaired) electrons. The molecule has 0 bridgehead atoms. The van der Waals surface area contributed by atoms with Gasteiger partial charge in [0.2, 0.25) is 0 Å². The van der Waals surface area contributed by atoms with Gasteiger partial charge in [0.1, 0.15) is 5.54 Å². The Hall–Kier alpha value is -0.190. The number of hydrogen-bond acceptors (Lipinski definition) is 2.